The summed E-state index contributed by atoms with van der Waals surface area (Å²) in [7, 11) is 3.49. The van der Waals surface area contributed by atoms with Crippen molar-refractivity contribution in [2.24, 2.45) is 7.05 Å². The average molecular weight is 383 g/mol. The molecule has 4 rings (SSSR count). The van der Waals surface area contributed by atoms with E-state index in [1.54, 1.807) is 18.0 Å². The van der Waals surface area contributed by atoms with Gasteiger partial charge in [-0.1, -0.05) is 0 Å². The number of carbonyl (C=O) groups is 1. The van der Waals surface area contributed by atoms with Crippen LogP contribution in [0.1, 0.15) is 29.6 Å². The molecule has 1 atom stereocenters. The van der Waals surface area contributed by atoms with E-state index in [9.17, 15) is 4.79 Å². The highest BCUT2D eigenvalue weighted by molar-refractivity contribution is 6.05. The van der Waals surface area contributed by atoms with Crippen molar-refractivity contribution in [3.63, 3.8) is 0 Å². The molecule has 28 heavy (non-hydrogen) atoms. The molecule has 0 bridgehead atoms. The van der Waals surface area contributed by atoms with E-state index in [0.29, 0.717) is 18.7 Å². The standard InChI is InChI=1S/C21H25N3O4/c1-23-13-15(12-22-23)21-18(14-25)17-11-16(26-2)6-7-19(17)24(21)8-10-28-20-5-3-4-9-27-20/h6-7,11-14,20H,3-5,8-10H2,1-2H3. The SMILES string of the molecule is COc1ccc2c(c1)c(C=O)c(-c1cnn(C)c1)n2CCOC1CCCCO1. The Balaban J connectivity index is 1.72. The minimum absolute atomic E-state index is 0.136. The molecule has 2 aromatic heterocycles. The molecule has 0 spiro atoms. The maximum Gasteiger partial charge on any atom is 0.157 e. The molecule has 1 aliphatic heterocycles. The van der Waals surface area contributed by atoms with Crippen molar-refractivity contribution in [1.82, 2.24) is 14.3 Å². The second-order valence-electron chi connectivity index (χ2n) is 6.98. The van der Waals surface area contributed by atoms with E-state index in [4.69, 9.17) is 14.2 Å². The molecule has 1 saturated heterocycles. The quantitative estimate of drug-likeness (QED) is 0.585. The van der Waals surface area contributed by atoms with Gasteiger partial charge in [-0.3, -0.25) is 9.48 Å². The van der Waals surface area contributed by atoms with Gasteiger partial charge in [0.05, 0.1) is 25.6 Å². The monoisotopic (exact) mass is 383 g/mol. The second kappa shape index (κ2) is 8.16. The number of ether oxygens (including phenoxy) is 3. The minimum atomic E-state index is -0.136. The summed E-state index contributed by atoms with van der Waals surface area (Å²) in [6.45, 7) is 1.87. The van der Waals surface area contributed by atoms with E-state index in [0.717, 1.165) is 60.1 Å². The van der Waals surface area contributed by atoms with Crippen LogP contribution in [-0.2, 0) is 23.1 Å². The van der Waals surface area contributed by atoms with Gasteiger partial charge in [-0.2, -0.15) is 5.10 Å². The van der Waals surface area contributed by atoms with E-state index in [1.807, 2.05) is 31.4 Å². The number of aryl methyl sites for hydroxylation is 1. The molecule has 7 nitrogen and oxygen atoms in total. The number of hydrogen-bond donors (Lipinski definition) is 0. The smallest absolute Gasteiger partial charge is 0.157 e. The summed E-state index contributed by atoms with van der Waals surface area (Å²) in [4.78, 5) is 12.0. The molecular weight excluding hydrogens is 358 g/mol. The molecule has 1 aliphatic rings. The largest absolute Gasteiger partial charge is 0.497 e. The summed E-state index contributed by atoms with van der Waals surface area (Å²) in [5, 5.41) is 5.14. The summed E-state index contributed by atoms with van der Waals surface area (Å²) in [6.07, 6.45) is 7.62. The van der Waals surface area contributed by atoms with Crippen LogP contribution in [0.2, 0.25) is 0 Å². The highest BCUT2D eigenvalue weighted by Crippen LogP contribution is 2.34. The van der Waals surface area contributed by atoms with Crippen LogP contribution in [0.5, 0.6) is 5.75 Å². The van der Waals surface area contributed by atoms with Crippen LogP contribution in [0.15, 0.2) is 30.6 Å². The molecule has 0 aliphatic carbocycles. The number of aldehydes is 1. The fraction of sp³-hybridized carbons (Fsp3) is 0.429. The molecule has 3 heterocycles. The first-order valence-corrected chi connectivity index (χ1v) is 9.59. The molecule has 0 radical (unpaired) electrons. The number of carbonyl (C=O) groups excluding carboxylic acids is 1. The molecule has 1 aromatic carbocycles. The minimum Gasteiger partial charge on any atom is -0.497 e. The van der Waals surface area contributed by atoms with Gasteiger partial charge in [0.1, 0.15) is 5.75 Å². The second-order valence-corrected chi connectivity index (χ2v) is 6.98. The average Bonchev–Trinajstić information content (AvgIpc) is 3.29. The van der Waals surface area contributed by atoms with Gasteiger partial charge in [0.25, 0.3) is 0 Å². The van der Waals surface area contributed by atoms with Crippen molar-refractivity contribution in [3.8, 4) is 17.0 Å². The molecule has 148 valence electrons. The van der Waals surface area contributed by atoms with Crippen molar-refractivity contribution in [2.45, 2.75) is 32.1 Å². The lowest BCUT2D eigenvalue weighted by molar-refractivity contribution is -0.163. The maximum atomic E-state index is 12.0. The summed E-state index contributed by atoms with van der Waals surface area (Å²) < 4.78 is 20.8. The lowest BCUT2D eigenvalue weighted by atomic mass is 10.1. The molecular formula is C21H25N3O4. The number of hydrogen-bond acceptors (Lipinski definition) is 5. The first kappa shape index (κ1) is 18.7. The van der Waals surface area contributed by atoms with E-state index in [2.05, 4.69) is 9.67 Å². The van der Waals surface area contributed by atoms with Crippen LogP contribution < -0.4 is 4.74 Å². The van der Waals surface area contributed by atoms with Crippen molar-refractivity contribution in [2.75, 3.05) is 20.3 Å². The third kappa shape index (κ3) is 3.55. The number of aromatic nitrogens is 3. The molecule has 1 unspecified atom stereocenters. The fourth-order valence-corrected chi connectivity index (χ4v) is 3.81. The molecule has 1 fully saturated rings. The van der Waals surface area contributed by atoms with Crippen molar-refractivity contribution in [3.05, 3.63) is 36.2 Å². The van der Waals surface area contributed by atoms with Crippen LogP contribution in [0.4, 0.5) is 0 Å². The van der Waals surface area contributed by atoms with Crippen LogP contribution in [0.3, 0.4) is 0 Å². The highest BCUT2D eigenvalue weighted by atomic mass is 16.7. The van der Waals surface area contributed by atoms with Crippen LogP contribution in [0.25, 0.3) is 22.2 Å². The van der Waals surface area contributed by atoms with Crippen LogP contribution in [-0.4, -0.2) is 47.2 Å². The predicted octanol–water partition coefficient (Wildman–Crippen LogP) is 3.41. The Morgan fingerprint density at radius 3 is 2.93 bits per heavy atom. The predicted molar refractivity (Wildman–Crippen MR) is 106 cm³/mol. The zero-order valence-electron chi connectivity index (χ0n) is 16.3. The van der Waals surface area contributed by atoms with Gasteiger partial charge in [0, 0.05) is 48.4 Å². The first-order valence-electron chi connectivity index (χ1n) is 9.59. The van der Waals surface area contributed by atoms with Gasteiger partial charge >= 0.3 is 0 Å². The summed E-state index contributed by atoms with van der Waals surface area (Å²) in [5.41, 5.74) is 3.35. The molecule has 0 amide bonds. The topological polar surface area (TPSA) is 67.5 Å². The summed E-state index contributed by atoms with van der Waals surface area (Å²) in [5.74, 6) is 0.720. The number of nitrogens with zero attached hydrogens (tertiary/aromatic N) is 3. The van der Waals surface area contributed by atoms with E-state index in [1.165, 1.54) is 0 Å². The van der Waals surface area contributed by atoms with Crippen molar-refractivity contribution < 1.29 is 19.0 Å². The number of methoxy groups -OCH3 is 1. The Morgan fingerprint density at radius 2 is 2.25 bits per heavy atom. The third-order valence-electron chi connectivity index (χ3n) is 5.16. The summed E-state index contributed by atoms with van der Waals surface area (Å²) in [6, 6.07) is 5.80. The summed E-state index contributed by atoms with van der Waals surface area (Å²) >= 11 is 0. The lowest BCUT2D eigenvalue weighted by Gasteiger charge is -2.23. The maximum absolute atomic E-state index is 12.0. The normalized spacial score (nSPS) is 17.1. The lowest BCUT2D eigenvalue weighted by Crippen LogP contribution is -2.24. The number of fused-ring (bicyclic) bond motifs is 1. The fourth-order valence-electron chi connectivity index (χ4n) is 3.81. The Hall–Kier alpha value is -2.64. The van der Waals surface area contributed by atoms with E-state index in [-0.39, 0.29) is 6.29 Å². The van der Waals surface area contributed by atoms with Gasteiger partial charge in [0.15, 0.2) is 12.6 Å². The number of benzene rings is 1. The van der Waals surface area contributed by atoms with Gasteiger partial charge in [-0.05, 0) is 37.5 Å². The van der Waals surface area contributed by atoms with Gasteiger partial charge in [0.2, 0.25) is 0 Å². The van der Waals surface area contributed by atoms with Crippen molar-refractivity contribution in [1.29, 1.82) is 0 Å². The third-order valence-corrected chi connectivity index (χ3v) is 5.16. The van der Waals surface area contributed by atoms with Crippen LogP contribution >= 0.6 is 0 Å². The van der Waals surface area contributed by atoms with Gasteiger partial charge in [-0.25, -0.2) is 0 Å². The van der Waals surface area contributed by atoms with Crippen LogP contribution in [0, 0.1) is 0 Å². The Labute approximate surface area is 163 Å². The van der Waals surface area contributed by atoms with Gasteiger partial charge in [-0.15, -0.1) is 0 Å². The first-order chi connectivity index (χ1) is 13.7. The van der Waals surface area contributed by atoms with Gasteiger partial charge < -0.3 is 18.8 Å². The Bertz CT molecular complexity index is 970. The van der Waals surface area contributed by atoms with E-state index < -0.39 is 0 Å². The highest BCUT2D eigenvalue weighted by Gasteiger charge is 2.21. The zero-order valence-corrected chi connectivity index (χ0v) is 16.3. The Morgan fingerprint density at radius 1 is 1.36 bits per heavy atom. The number of rotatable bonds is 7. The Kier molecular flexibility index (Phi) is 5.45. The molecule has 3 aromatic rings. The van der Waals surface area contributed by atoms with E-state index >= 15 is 0 Å². The molecule has 0 N–H and O–H groups in total. The molecule has 7 heteroatoms. The molecule has 0 saturated carbocycles. The van der Waals surface area contributed by atoms with Crippen molar-refractivity contribution >= 4 is 17.2 Å². The zero-order chi connectivity index (χ0) is 19.5.